The third kappa shape index (κ3) is 4.45. The summed E-state index contributed by atoms with van der Waals surface area (Å²) in [6, 6.07) is 13.6. The van der Waals surface area contributed by atoms with E-state index in [2.05, 4.69) is 0 Å². The molecule has 8 heteroatoms. The molecule has 3 rings (SSSR count). The van der Waals surface area contributed by atoms with Gasteiger partial charge >= 0.3 is 5.97 Å². The van der Waals surface area contributed by atoms with Gasteiger partial charge in [-0.05, 0) is 17.7 Å². The van der Waals surface area contributed by atoms with Crippen molar-refractivity contribution in [1.82, 2.24) is 4.31 Å². The second-order valence-electron chi connectivity index (χ2n) is 6.26. The Kier molecular flexibility index (Phi) is 5.76. The molecule has 6 nitrogen and oxygen atoms in total. The topological polar surface area (TPSA) is 72.9 Å². The molecule has 2 unspecified atom stereocenters. The summed E-state index contributed by atoms with van der Waals surface area (Å²) in [7, 11) is -2.59. The lowest BCUT2D eigenvalue weighted by atomic mass is 10.2. The Morgan fingerprint density at radius 3 is 2.48 bits per heavy atom. The number of carbonyl (C=O) groups excluding carboxylic acids is 1. The molecule has 0 aliphatic carbocycles. The van der Waals surface area contributed by atoms with E-state index in [1.54, 1.807) is 36.4 Å². The zero-order valence-corrected chi connectivity index (χ0v) is 15.6. The molecule has 1 heterocycles. The summed E-state index contributed by atoms with van der Waals surface area (Å²) in [5, 5.41) is 0. The van der Waals surface area contributed by atoms with Gasteiger partial charge in [0.25, 0.3) is 0 Å². The molecule has 0 amide bonds. The van der Waals surface area contributed by atoms with Gasteiger partial charge in [-0.2, -0.15) is 4.31 Å². The Balaban J connectivity index is 1.81. The number of methoxy groups -OCH3 is 1. The first-order valence-electron chi connectivity index (χ1n) is 8.43. The smallest absolute Gasteiger partial charge is 0.324 e. The van der Waals surface area contributed by atoms with Gasteiger partial charge in [0.2, 0.25) is 10.0 Å². The minimum atomic E-state index is -3.79. The summed E-state index contributed by atoms with van der Waals surface area (Å²) < 4.78 is 51.1. The lowest BCUT2D eigenvalue weighted by Crippen LogP contribution is -2.41. The molecular weight excluding hydrogens is 373 g/mol. The standard InChI is InChI=1S/C19H20FNO5S/c1-25-19(22)17-11-15(26-18-10-6-5-9-16(18)20)12-21(17)27(23,24)13-14-7-3-2-4-8-14/h2-10,15,17H,11-13H2,1H3. The van der Waals surface area contributed by atoms with E-state index in [0.29, 0.717) is 5.56 Å². The number of hydrogen-bond acceptors (Lipinski definition) is 5. The highest BCUT2D eigenvalue weighted by atomic mass is 32.2. The van der Waals surface area contributed by atoms with Gasteiger partial charge in [-0.25, -0.2) is 12.8 Å². The number of halogens is 1. The SMILES string of the molecule is COC(=O)C1CC(Oc2ccccc2F)CN1S(=O)(=O)Cc1ccccc1. The van der Waals surface area contributed by atoms with Crippen LogP contribution in [0.2, 0.25) is 0 Å². The second kappa shape index (κ2) is 8.06. The number of rotatable bonds is 6. The number of sulfonamides is 1. The molecule has 1 fully saturated rings. The van der Waals surface area contributed by atoms with E-state index in [9.17, 15) is 17.6 Å². The molecule has 1 aliphatic heterocycles. The highest BCUT2D eigenvalue weighted by Gasteiger charge is 2.45. The van der Waals surface area contributed by atoms with Gasteiger partial charge in [0.05, 0.1) is 19.4 Å². The number of nitrogens with zero attached hydrogens (tertiary/aromatic N) is 1. The Bertz CT molecular complexity index is 903. The van der Waals surface area contributed by atoms with Crippen LogP contribution in [0.5, 0.6) is 5.75 Å². The molecule has 0 spiro atoms. The quantitative estimate of drug-likeness (QED) is 0.705. The zero-order valence-electron chi connectivity index (χ0n) is 14.7. The number of esters is 1. The number of benzene rings is 2. The number of hydrogen-bond donors (Lipinski definition) is 0. The van der Waals surface area contributed by atoms with Crippen molar-refractivity contribution in [2.24, 2.45) is 0 Å². The van der Waals surface area contributed by atoms with Crippen LogP contribution in [0.4, 0.5) is 4.39 Å². The maximum absolute atomic E-state index is 13.8. The van der Waals surface area contributed by atoms with Crippen molar-refractivity contribution >= 4 is 16.0 Å². The second-order valence-corrected chi connectivity index (χ2v) is 8.18. The molecule has 0 saturated carbocycles. The van der Waals surface area contributed by atoms with Gasteiger partial charge in [-0.3, -0.25) is 4.79 Å². The van der Waals surface area contributed by atoms with Crippen LogP contribution < -0.4 is 4.74 Å². The molecule has 27 heavy (non-hydrogen) atoms. The fourth-order valence-electron chi connectivity index (χ4n) is 3.10. The Morgan fingerprint density at radius 2 is 1.81 bits per heavy atom. The Morgan fingerprint density at radius 1 is 1.15 bits per heavy atom. The van der Waals surface area contributed by atoms with Gasteiger partial charge in [-0.15, -0.1) is 0 Å². The van der Waals surface area contributed by atoms with Crippen molar-refractivity contribution in [3.05, 3.63) is 66.0 Å². The minimum absolute atomic E-state index is 0.0217. The molecule has 0 bridgehead atoms. The van der Waals surface area contributed by atoms with Crippen LogP contribution in [0.25, 0.3) is 0 Å². The predicted octanol–water partition coefficient (Wildman–Crippen LogP) is 2.35. The summed E-state index contributed by atoms with van der Waals surface area (Å²) >= 11 is 0. The molecule has 1 saturated heterocycles. The van der Waals surface area contributed by atoms with E-state index in [1.165, 1.54) is 25.3 Å². The normalized spacial score (nSPS) is 20.4. The van der Waals surface area contributed by atoms with Gasteiger partial charge < -0.3 is 9.47 Å². The zero-order chi connectivity index (χ0) is 19.4. The van der Waals surface area contributed by atoms with E-state index >= 15 is 0 Å². The van der Waals surface area contributed by atoms with E-state index in [1.807, 2.05) is 0 Å². The lowest BCUT2D eigenvalue weighted by molar-refractivity contribution is -0.144. The number of ether oxygens (including phenoxy) is 2. The van der Waals surface area contributed by atoms with Crippen LogP contribution in [0, 0.1) is 5.82 Å². The van der Waals surface area contributed by atoms with Gasteiger partial charge in [0.1, 0.15) is 12.1 Å². The van der Waals surface area contributed by atoms with Crippen LogP contribution in [0.15, 0.2) is 54.6 Å². The van der Waals surface area contributed by atoms with Crippen LogP contribution in [-0.4, -0.2) is 44.5 Å². The van der Waals surface area contributed by atoms with Gasteiger partial charge in [-0.1, -0.05) is 42.5 Å². The van der Waals surface area contributed by atoms with Crippen LogP contribution in [0.3, 0.4) is 0 Å². The van der Waals surface area contributed by atoms with E-state index in [4.69, 9.17) is 9.47 Å². The molecule has 2 atom stereocenters. The summed E-state index contributed by atoms with van der Waals surface area (Å²) in [6.07, 6.45) is -0.564. The van der Waals surface area contributed by atoms with E-state index < -0.39 is 34.0 Å². The maximum Gasteiger partial charge on any atom is 0.324 e. The Labute approximate surface area is 157 Å². The van der Waals surface area contributed by atoms with Crippen LogP contribution in [-0.2, 0) is 25.3 Å². The fourth-order valence-corrected chi connectivity index (χ4v) is 4.83. The third-order valence-electron chi connectivity index (χ3n) is 4.37. The molecule has 2 aromatic carbocycles. The number of carbonyl (C=O) groups is 1. The van der Waals surface area contributed by atoms with Crippen LogP contribution >= 0.6 is 0 Å². The van der Waals surface area contributed by atoms with Crippen molar-refractivity contribution in [1.29, 1.82) is 0 Å². The highest BCUT2D eigenvalue weighted by Crippen LogP contribution is 2.28. The first-order chi connectivity index (χ1) is 12.9. The first-order valence-corrected chi connectivity index (χ1v) is 10.0. The summed E-state index contributed by atoms with van der Waals surface area (Å²) in [4.78, 5) is 12.1. The minimum Gasteiger partial charge on any atom is -0.486 e. The first kappa shape index (κ1) is 19.3. The largest absolute Gasteiger partial charge is 0.486 e. The van der Waals surface area contributed by atoms with Crippen molar-refractivity contribution in [3.8, 4) is 5.75 Å². The van der Waals surface area contributed by atoms with Gasteiger partial charge in [0.15, 0.2) is 11.6 Å². The molecule has 2 aromatic rings. The molecule has 0 N–H and O–H groups in total. The Hall–Kier alpha value is -2.45. The molecule has 0 radical (unpaired) electrons. The summed E-state index contributed by atoms with van der Waals surface area (Å²) in [5.41, 5.74) is 0.611. The van der Waals surface area contributed by atoms with E-state index in [0.717, 1.165) is 4.31 Å². The predicted molar refractivity (Wildman–Crippen MR) is 97.0 cm³/mol. The number of para-hydroxylation sites is 1. The average molecular weight is 393 g/mol. The third-order valence-corrected chi connectivity index (χ3v) is 6.19. The van der Waals surface area contributed by atoms with Gasteiger partial charge in [0, 0.05) is 6.42 Å². The van der Waals surface area contributed by atoms with Crippen molar-refractivity contribution in [2.75, 3.05) is 13.7 Å². The maximum atomic E-state index is 13.8. The molecular formula is C19H20FNO5S. The lowest BCUT2D eigenvalue weighted by Gasteiger charge is -2.21. The van der Waals surface area contributed by atoms with Crippen molar-refractivity contribution in [2.45, 2.75) is 24.3 Å². The average Bonchev–Trinajstić information content (AvgIpc) is 3.08. The monoisotopic (exact) mass is 393 g/mol. The van der Waals surface area contributed by atoms with Crippen molar-refractivity contribution in [3.63, 3.8) is 0 Å². The summed E-state index contributed by atoms with van der Waals surface area (Å²) in [6.45, 7) is -0.0523. The fraction of sp³-hybridized carbons (Fsp3) is 0.316. The van der Waals surface area contributed by atoms with Crippen LogP contribution in [0.1, 0.15) is 12.0 Å². The molecule has 1 aliphatic rings. The van der Waals surface area contributed by atoms with E-state index in [-0.39, 0.29) is 24.5 Å². The molecule has 0 aromatic heterocycles. The summed E-state index contributed by atoms with van der Waals surface area (Å²) in [5.74, 6) is -1.43. The van der Waals surface area contributed by atoms with Crippen molar-refractivity contribution < 1.29 is 27.1 Å². The highest BCUT2D eigenvalue weighted by molar-refractivity contribution is 7.88. The molecule has 144 valence electrons.